The third-order valence-corrected chi connectivity index (χ3v) is 0.527. The van der Waals surface area contributed by atoms with E-state index in [1.54, 1.807) is 0 Å². The molecule has 3 heteroatoms. The Morgan fingerprint density at radius 3 is 2.29 bits per heavy atom. The SMILES string of the molecule is [CH2]C(=NO)C(C)=O. The van der Waals surface area contributed by atoms with Crippen molar-refractivity contribution >= 4 is 11.5 Å². The third kappa shape index (κ3) is 1.92. The lowest BCUT2D eigenvalue weighted by Crippen LogP contribution is -2.03. The standard InChI is InChI=1S/C4H6NO2/c1-3(5-7)4(2)6/h7H,1H2,2H3. The molecule has 0 fully saturated rings. The molecule has 3 nitrogen and oxygen atoms in total. The summed E-state index contributed by atoms with van der Waals surface area (Å²) in [6.45, 7) is 4.39. The van der Waals surface area contributed by atoms with Crippen LogP contribution in [-0.4, -0.2) is 16.7 Å². The van der Waals surface area contributed by atoms with Crippen LogP contribution in [0.15, 0.2) is 5.16 Å². The summed E-state index contributed by atoms with van der Waals surface area (Å²) in [5, 5.41) is 10.4. The molecule has 39 valence electrons. The largest absolute Gasteiger partial charge is 0.411 e. The molecule has 7 heavy (non-hydrogen) atoms. The molecular weight excluding hydrogens is 94.0 g/mol. The molecule has 0 aromatic heterocycles. The Bertz CT molecular complexity index is 106. The summed E-state index contributed by atoms with van der Waals surface area (Å²) in [6.07, 6.45) is 0. The maximum atomic E-state index is 10.0. The second-order valence-electron chi connectivity index (χ2n) is 1.10. The first-order chi connectivity index (χ1) is 3.18. The van der Waals surface area contributed by atoms with Gasteiger partial charge in [-0.25, -0.2) is 0 Å². The molecule has 1 radical (unpaired) electrons. The first kappa shape index (κ1) is 6.14. The van der Waals surface area contributed by atoms with Crippen LogP contribution in [0.4, 0.5) is 0 Å². The van der Waals surface area contributed by atoms with Gasteiger partial charge >= 0.3 is 0 Å². The van der Waals surface area contributed by atoms with Crippen molar-refractivity contribution in [3.05, 3.63) is 6.92 Å². The van der Waals surface area contributed by atoms with Crippen LogP contribution in [0.1, 0.15) is 6.92 Å². The first-order valence-corrected chi connectivity index (χ1v) is 1.73. The second kappa shape index (κ2) is 2.34. The molecule has 1 N–H and O–H groups in total. The van der Waals surface area contributed by atoms with E-state index in [1.165, 1.54) is 6.92 Å². The fourth-order valence-corrected chi connectivity index (χ4v) is 0.0704. The highest BCUT2D eigenvalue weighted by molar-refractivity contribution is 6.40. The van der Waals surface area contributed by atoms with Gasteiger partial charge in [-0.05, 0) is 0 Å². The van der Waals surface area contributed by atoms with Crippen LogP contribution in [0.3, 0.4) is 0 Å². The molecule has 0 spiro atoms. The number of ketones is 1. The number of oxime groups is 1. The summed E-state index contributed by atoms with van der Waals surface area (Å²) in [6, 6.07) is 0. The minimum Gasteiger partial charge on any atom is -0.411 e. The Hall–Kier alpha value is -0.860. The summed E-state index contributed by atoms with van der Waals surface area (Å²) in [4.78, 5) is 10.0. The molecule has 0 aromatic rings. The van der Waals surface area contributed by atoms with Gasteiger partial charge in [-0.3, -0.25) is 4.79 Å². The Kier molecular flexibility index (Phi) is 2.05. The molecule has 0 aliphatic carbocycles. The maximum absolute atomic E-state index is 10.0. The highest BCUT2D eigenvalue weighted by Gasteiger charge is 1.94. The molecule has 0 unspecified atom stereocenters. The fraction of sp³-hybridized carbons (Fsp3) is 0.250. The van der Waals surface area contributed by atoms with Crippen molar-refractivity contribution in [3.8, 4) is 0 Å². The number of rotatable bonds is 1. The van der Waals surface area contributed by atoms with Crippen molar-refractivity contribution in [1.29, 1.82) is 0 Å². The second-order valence-corrected chi connectivity index (χ2v) is 1.10. The van der Waals surface area contributed by atoms with E-state index in [0.29, 0.717) is 0 Å². The monoisotopic (exact) mass is 100 g/mol. The zero-order chi connectivity index (χ0) is 5.86. The van der Waals surface area contributed by atoms with E-state index in [0.717, 1.165) is 0 Å². The van der Waals surface area contributed by atoms with Gasteiger partial charge in [-0.15, -0.1) is 0 Å². The number of carbonyl (C=O) groups is 1. The van der Waals surface area contributed by atoms with E-state index in [9.17, 15) is 4.79 Å². The van der Waals surface area contributed by atoms with Gasteiger partial charge < -0.3 is 5.21 Å². The average molecular weight is 100 g/mol. The van der Waals surface area contributed by atoms with E-state index in [4.69, 9.17) is 5.21 Å². The quantitative estimate of drug-likeness (QED) is 0.291. The minimum absolute atomic E-state index is 0.111. The topological polar surface area (TPSA) is 49.7 Å². The third-order valence-electron chi connectivity index (χ3n) is 0.527. The first-order valence-electron chi connectivity index (χ1n) is 1.73. The van der Waals surface area contributed by atoms with Crippen molar-refractivity contribution in [2.24, 2.45) is 5.16 Å². The lowest BCUT2D eigenvalue weighted by molar-refractivity contribution is -0.111. The summed E-state index contributed by atoms with van der Waals surface area (Å²) in [5.41, 5.74) is -0.111. The summed E-state index contributed by atoms with van der Waals surface area (Å²) >= 11 is 0. The van der Waals surface area contributed by atoms with Gasteiger partial charge in [-0.2, -0.15) is 0 Å². The molecule has 0 amide bonds. The van der Waals surface area contributed by atoms with Gasteiger partial charge in [0.15, 0.2) is 5.78 Å². The minimum atomic E-state index is -0.317. The van der Waals surface area contributed by atoms with Crippen molar-refractivity contribution in [1.82, 2.24) is 0 Å². The van der Waals surface area contributed by atoms with Crippen LogP contribution in [-0.2, 0) is 4.79 Å². The van der Waals surface area contributed by atoms with Crippen LogP contribution in [0.2, 0.25) is 0 Å². The van der Waals surface area contributed by atoms with Crippen LogP contribution < -0.4 is 0 Å². The highest BCUT2D eigenvalue weighted by atomic mass is 16.4. The highest BCUT2D eigenvalue weighted by Crippen LogP contribution is 1.72. The molecule has 0 rings (SSSR count). The number of hydrogen-bond donors (Lipinski definition) is 1. The number of carbonyl (C=O) groups excluding carboxylic acids is 1. The van der Waals surface area contributed by atoms with E-state index >= 15 is 0 Å². The molecule has 0 saturated carbocycles. The van der Waals surface area contributed by atoms with Crippen LogP contribution >= 0.6 is 0 Å². The summed E-state index contributed by atoms with van der Waals surface area (Å²) < 4.78 is 0. The number of Topliss-reactive ketones (excluding diaryl/α,β-unsaturated/α-hetero) is 1. The fourth-order valence-electron chi connectivity index (χ4n) is 0.0704. The number of nitrogens with zero attached hydrogens (tertiary/aromatic N) is 1. The molecular formula is C4H6NO2. The van der Waals surface area contributed by atoms with Gasteiger partial charge in [0.25, 0.3) is 0 Å². The van der Waals surface area contributed by atoms with Gasteiger partial charge in [0, 0.05) is 13.8 Å². The van der Waals surface area contributed by atoms with Crippen molar-refractivity contribution in [2.75, 3.05) is 0 Å². The Morgan fingerprint density at radius 2 is 2.29 bits per heavy atom. The molecule has 0 saturated heterocycles. The average Bonchev–Trinajstić information content (AvgIpc) is 1.65. The lowest BCUT2D eigenvalue weighted by Gasteiger charge is -1.82. The van der Waals surface area contributed by atoms with Crippen LogP contribution in [0, 0.1) is 6.92 Å². The summed E-state index contributed by atoms with van der Waals surface area (Å²) in [5.74, 6) is -0.317. The van der Waals surface area contributed by atoms with E-state index in [1.807, 2.05) is 0 Å². The van der Waals surface area contributed by atoms with E-state index < -0.39 is 0 Å². The zero-order valence-electron chi connectivity index (χ0n) is 4.01. The number of hydrogen-bond acceptors (Lipinski definition) is 3. The van der Waals surface area contributed by atoms with Crippen molar-refractivity contribution < 1.29 is 10.0 Å². The van der Waals surface area contributed by atoms with Crippen LogP contribution in [0.25, 0.3) is 0 Å². The van der Waals surface area contributed by atoms with Crippen molar-refractivity contribution in [3.63, 3.8) is 0 Å². The van der Waals surface area contributed by atoms with Gasteiger partial charge in [0.05, 0.1) is 0 Å². The Morgan fingerprint density at radius 1 is 1.86 bits per heavy atom. The molecule has 0 atom stereocenters. The molecule has 0 bridgehead atoms. The van der Waals surface area contributed by atoms with Crippen molar-refractivity contribution in [2.45, 2.75) is 6.92 Å². The smallest absolute Gasteiger partial charge is 0.177 e. The maximum Gasteiger partial charge on any atom is 0.177 e. The molecule has 0 aliphatic rings. The normalized spacial score (nSPS) is 11.4. The molecule has 0 heterocycles. The van der Waals surface area contributed by atoms with Crippen LogP contribution in [0.5, 0.6) is 0 Å². The Balaban J connectivity index is 3.82. The Labute approximate surface area is 41.6 Å². The van der Waals surface area contributed by atoms with E-state index in [-0.39, 0.29) is 11.5 Å². The molecule has 0 aliphatic heterocycles. The van der Waals surface area contributed by atoms with Gasteiger partial charge in [0.2, 0.25) is 0 Å². The van der Waals surface area contributed by atoms with Gasteiger partial charge in [0.1, 0.15) is 5.71 Å². The predicted molar refractivity (Wildman–Crippen MR) is 25.3 cm³/mol. The van der Waals surface area contributed by atoms with Gasteiger partial charge in [-0.1, -0.05) is 5.16 Å². The van der Waals surface area contributed by atoms with E-state index in [2.05, 4.69) is 12.1 Å². The zero-order valence-corrected chi connectivity index (χ0v) is 4.01. The lowest BCUT2D eigenvalue weighted by atomic mass is 10.3. The predicted octanol–water partition coefficient (Wildman–Crippen LogP) is 0.240. The summed E-state index contributed by atoms with van der Waals surface area (Å²) in [7, 11) is 0. The molecule has 0 aromatic carbocycles.